The van der Waals surface area contributed by atoms with E-state index in [-0.39, 0.29) is 5.92 Å². The highest BCUT2D eigenvalue weighted by Gasteiger charge is 2.56. The molecule has 1 saturated carbocycles. The molecule has 3 atom stereocenters. The van der Waals surface area contributed by atoms with Gasteiger partial charge in [-0.25, -0.2) is 13.2 Å². The first-order valence-corrected chi connectivity index (χ1v) is 12.6. The molecule has 0 aliphatic heterocycles. The lowest BCUT2D eigenvalue weighted by molar-refractivity contribution is -0.154. The maximum Gasteiger partial charge on any atom is 0.317 e. The Morgan fingerprint density at radius 2 is 1.55 bits per heavy atom. The van der Waals surface area contributed by atoms with E-state index < -0.39 is 51.6 Å². The average Bonchev–Trinajstić information content (AvgIpc) is 2.92. The molecule has 0 radical (unpaired) electrons. The number of hydrogen-bond acceptors (Lipinski definition) is 3. The van der Waals surface area contributed by atoms with Gasteiger partial charge in [-0.3, -0.25) is 4.79 Å². The van der Waals surface area contributed by atoms with Crippen LogP contribution >= 0.6 is 0 Å². The van der Waals surface area contributed by atoms with E-state index in [1.807, 2.05) is 48.5 Å². The highest BCUT2D eigenvalue weighted by Crippen LogP contribution is 2.58. The number of fused-ring (bicyclic) bond motifs is 3. The molecular weight excluding hydrogens is 503 g/mol. The zero-order valence-corrected chi connectivity index (χ0v) is 21.1. The van der Waals surface area contributed by atoms with Crippen LogP contribution in [0.25, 0.3) is 0 Å². The zero-order valence-electron chi connectivity index (χ0n) is 21.1. The Hall–Kier alpha value is -3.42. The van der Waals surface area contributed by atoms with Gasteiger partial charge in [0.05, 0.1) is 5.41 Å². The van der Waals surface area contributed by atoms with Crippen LogP contribution in [0, 0.1) is 40.4 Å². The molecular formula is C30H27F5O3. The second-order valence-electron chi connectivity index (χ2n) is 10.7. The molecule has 0 N–H and O–H groups in total. The molecule has 38 heavy (non-hydrogen) atoms. The van der Waals surface area contributed by atoms with E-state index in [4.69, 9.17) is 9.47 Å². The van der Waals surface area contributed by atoms with Crippen molar-refractivity contribution >= 4 is 5.97 Å². The summed E-state index contributed by atoms with van der Waals surface area (Å²) in [6, 6.07) is 15.7. The van der Waals surface area contributed by atoms with E-state index >= 15 is 0 Å². The number of rotatable bonds is 5. The Morgan fingerprint density at radius 3 is 2.24 bits per heavy atom. The quantitative estimate of drug-likeness (QED) is 0.112. The molecule has 5 rings (SSSR count). The van der Waals surface area contributed by atoms with Crippen molar-refractivity contribution in [3.05, 3.63) is 94.3 Å². The molecule has 0 unspecified atom stereocenters. The molecule has 200 valence electrons. The zero-order chi connectivity index (χ0) is 27.2. The molecule has 3 aromatic carbocycles. The molecule has 8 heteroatoms. The van der Waals surface area contributed by atoms with Gasteiger partial charge in [0, 0.05) is 0 Å². The third-order valence-corrected chi connectivity index (χ3v) is 8.41. The molecule has 2 aliphatic rings. The Balaban J connectivity index is 1.44. The number of esters is 1. The minimum Gasteiger partial charge on any atom is -0.489 e. The van der Waals surface area contributed by atoms with Crippen LogP contribution in [0.3, 0.4) is 0 Å². The standard InChI is InChI=1S/C30H27F5O3/c1-29-13-6-14-30(2,28(36)38-27-25(34)23(32)22(31)24(33)26(27)35)21(29)12-10-18-9-11-19(15-20(18)29)37-16-17-7-4-3-5-8-17/h3-5,7-9,11,15,21H,6,10,12-14,16H2,1-2H3/t21-,29-,30+/m1/s1. The van der Waals surface area contributed by atoms with Crippen molar-refractivity contribution in [1.29, 1.82) is 0 Å². The molecule has 1 fully saturated rings. The van der Waals surface area contributed by atoms with Crippen molar-refractivity contribution in [3.63, 3.8) is 0 Å². The highest BCUT2D eigenvalue weighted by molar-refractivity contribution is 5.80. The number of carbonyl (C=O) groups is 1. The van der Waals surface area contributed by atoms with Gasteiger partial charge in [0.2, 0.25) is 34.8 Å². The van der Waals surface area contributed by atoms with E-state index in [1.165, 1.54) is 0 Å². The van der Waals surface area contributed by atoms with Gasteiger partial charge >= 0.3 is 5.97 Å². The molecule has 0 aromatic heterocycles. The summed E-state index contributed by atoms with van der Waals surface area (Å²) in [6.45, 7) is 4.11. The summed E-state index contributed by atoms with van der Waals surface area (Å²) < 4.78 is 80.5. The van der Waals surface area contributed by atoms with Crippen LogP contribution in [0.4, 0.5) is 22.0 Å². The van der Waals surface area contributed by atoms with Crippen molar-refractivity contribution in [1.82, 2.24) is 0 Å². The molecule has 2 aliphatic carbocycles. The van der Waals surface area contributed by atoms with Gasteiger partial charge in [0.1, 0.15) is 12.4 Å². The molecule has 0 saturated heterocycles. The Kier molecular flexibility index (Phi) is 6.70. The van der Waals surface area contributed by atoms with E-state index in [0.717, 1.165) is 23.1 Å². The summed E-state index contributed by atoms with van der Waals surface area (Å²) in [6.07, 6.45) is 3.01. The maximum atomic E-state index is 14.3. The van der Waals surface area contributed by atoms with Gasteiger partial charge in [-0.15, -0.1) is 0 Å². The number of halogens is 5. The van der Waals surface area contributed by atoms with E-state index in [9.17, 15) is 26.7 Å². The predicted octanol–water partition coefficient (Wildman–Crippen LogP) is 7.58. The lowest BCUT2D eigenvalue weighted by Crippen LogP contribution is -2.53. The number of benzene rings is 3. The van der Waals surface area contributed by atoms with Crippen LogP contribution in [-0.2, 0) is 23.2 Å². The second kappa shape index (κ2) is 9.71. The summed E-state index contributed by atoms with van der Waals surface area (Å²) >= 11 is 0. The summed E-state index contributed by atoms with van der Waals surface area (Å²) in [5.74, 6) is -13.1. The summed E-state index contributed by atoms with van der Waals surface area (Å²) in [5, 5.41) is 0. The van der Waals surface area contributed by atoms with Crippen LogP contribution in [0.5, 0.6) is 11.5 Å². The summed E-state index contributed by atoms with van der Waals surface area (Å²) in [5.41, 5.74) is 1.51. The topological polar surface area (TPSA) is 35.5 Å². The first kappa shape index (κ1) is 26.2. The van der Waals surface area contributed by atoms with Gasteiger partial charge in [-0.05, 0) is 72.8 Å². The SMILES string of the molecule is C[C@]1(C(=O)Oc2c(F)c(F)c(F)c(F)c2F)CCC[C@]2(C)c3cc(OCc4ccccc4)ccc3CC[C@@H]12. The van der Waals surface area contributed by atoms with E-state index in [0.29, 0.717) is 38.0 Å². The lowest BCUT2D eigenvalue weighted by Gasteiger charge is -2.54. The van der Waals surface area contributed by atoms with Gasteiger partial charge in [0.15, 0.2) is 0 Å². The van der Waals surface area contributed by atoms with Crippen LogP contribution in [-0.4, -0.2) is 5.97 Å². The van der Waals surface area contributed by atoms with Crippen molar-refractivity contribution in [2.75, 3.05) is 0 Å². The average molecular weight is 531 g/mol. The number of ether oxygens (including phenoxy) is 2. The first-order chi connectivity index (χ1) is 18.1. The molecule has 3 nitrogen and oxygen atoms in total. The Morgan fingerprint density at radius 1 is 0.895 bits per heavy atom. The third kappa shape index (κ3) is 4.24. The second-order valence-corrected chi connectivity index (χ2v) is 10.7. The largest absolute Gasteiger partial charge is 0.489 e. The van der Waals surface area contributed by atoms with Gasteiger partial charge in [0.25, 0.3) is 0 Å². The van der Waals surface area contributed by atoms with E-state index in [1.54, 1.807) is 6.92 Å². The summed E-state index contributed by atoms with van der Waals surface area (Å²) in [7, 11) is 0. The monoisotopic (exact) mass is 530 g/mol. The number of aryl methyl sites for hydroxylation is 1. The highest BCUT2D eigenvalue weighted by atomic mass is 19.2. The minimum absolute atomic E-state index is 0.283. The maximum absolute atomic E-state index is 14.3. The molecule has 0 spiro atoms. The van der Waals surface area contributed by atoms with Gasteiger partial charge < -0.3 is 9.47 Å². The number of carbonyl (C=O) groups excluding carboxylic acids is 1. The van der Waals surface area contributed by atoms with Gasteiger partial charge in [-0.1, -0.05) is 49.7 Å². The fourth-order valence-corrected chi connectivity index (χ4v) is 6.40. The van der Waals surface area contributed by atoms with Crippen LogP contribution < -0.4 is 9.47 Å². The summed E-state index contributed by atoms with van der Waals surface area (Å²) in [4.78, 5) is 13.4. The fraction of sp³-hybridized carbons (Fsp3) is 0.367. The predicted molar refractivity (Wildman–Crippen MR) is 130 cm³/mol. The first-order valence-electron chi connectivity index (χ1n) is 12.6. The van der Waals surface area contributed by atoms with Crippen LogP contribution in [0.1, 0.15) is 56.2 Å². The minimum atomic E-state index is -2.30. The smallest absolute Gasteiger partial charge is 0.317 e. The Bertz CT molecular complexity index is 1360. The van der Waals surface area contributed by atoms with E-state index in [2.05, 4.69) is 6.92 Å². The number of hydrogen-bond donors (Lipinski definition) is 0. The van der Waals surface area contributed by atoms with Gasteiger partial charge in [-0.2, -0.15) is 8.78 Å². The van der Waals surface area contributed by atoms with Crippen LogP contribution in [0.15, 0.2) is 48.5 Å². The van der Waals surface area contributed by atoms with Crippen LogP contribution in [0.2, 0.25) is 0 Å². The normalized spacial score (nSPS) is 24.3. The van der Waals surface area contributed by atoms with Crippen molar-refractivity contribution in [2.24, 2.45) is 11.3 Å². The third-order valence-electron chi connectivity index (χ3n) is 8.41. The molecule has 3 aromatic rings. The van der Waals surface area contributed by atoms with Crippen molar-refractivity contribution in [3.8, 4) is 11.5 Å². The Labute approximate surface area is 217 Å². The van der Waals surface area contributed by atoms with Crippen molar-refractivity contribution in [2.45, 2.75) is 58.0 Å². The molecule has 0 bridgehead atoms. The molecule has 0 amide bonds. The lowest BCUT2D eigenvalue weighted by atomic mass is 9.50. The fourth-order valence-electron chi connectivity index (χ4n) is 6.40. The van der Waals surface area contributed by atoms with Crippen molar-refractivity contribution < 1.29 is 36.2 Å². The molecule has 0 heterocycles.